The molecule has 1 aromatic heterocycles. The molecule has 0 fully saturated rings. The van der Waals surface area contributed by atoms with Crippen molar-refractivity contribution in [2.24, 2.45) is 0 Å². The highest BCUT2D eigenvalue weighted by molar-refractivity contribution is 14.2. The topological polar surface area (TPSA) is 53.4 Å². The van der Waals surface area contributed by atoms with E-state index in [9.17, 15) is 0 Å². The second kappa shape index (κ2) is 9.86. The fourth-order valence-electron chi connectivity index (χ4n) is 1.02. The highest BCUT2D eigenvalue weighted by atomic mass is 127. The van der Waals surface area contributed by atoms with Crippen molar-refractivity contribution < 1.29 is 9.90 Å². The molecule has 0 aliphatic heterocycles. The Morgan fingerprint density at radius 3 is 2.75 bits per heavy atom. The van der Waals surface area contributed by atoms with Gasteiger partial charge in [-0.1, -0.05) is 6.07 Å². The van der Waals surface area contributed by atoms with Crippen LogP contribution in [-0.2, 0) is 11.2 Å². The molecule has 1 unspecified atom stereocenters. The fourth-order valence-corrected chi connectivity index (χ4v) is 2.39. The second-order valence-corrected chi connectivity index (χ2v) is 4.99. The number of rotatable bonds is 4. The van der Waals surface area contributed by atoms with Crippen LogP contribution < -0.4 is 0 Å². The maximum absolute atomic E-state index is 8.36. The zero-order chi connectivity index (χ0) is 12.4. The number of pyridine rings is 1. The van der Waals surface area contributed by atoms with E-state index in [1.165, 1.54) is 0 Å². The van der Waals surface area contributed by atoms with Crippen molar-refractivity contribution in [3.8, 4) is 0 Å². The predicted octanol–water partition coefficient (Wildman–Crippen LogP) is 2.64. The first-order valence-electron chi connectivity index (χ1n) is 4.65. The summed E-state index contributed by atoms with van der Waals surface area (Å²) in [5, 5.41) is 6.89. The molecule has 0 spiro atoms. The van der Waals surface area contributed by atoms with Crippen molar-refractivity contribution >= 4 is 36.8 Å². The van der Waals surface area contributed by atoms with Gasteiger partial charge in [-0.15, -0.1) is 0 Å². The summed E-state index contributed by atoms with van der Waals surface area (Å²) in [7, 11) is 3.83. The Bertz CT molecular complexity index is 287. The Labute approximate surface area is 112 Å². The molecule has 0 bridgehead atoms. The van der Waals surface area contributed by atoms with Gasteiger partial charge in [0.25, 0.3) is 6.47 Å². The SMILES string of the molecule is CC(Cc1ccccn1)N(C)SI.O=CO. The minimum Gasteiger partial charge on any atom is -0.483 e. The maximum atomic E-state index is 8.36. The first-order valence-corrected chi connectivity index (χ1v) is 7.96. The van der Waals surface area contributed by atoms with Gasteiger partial charge in [0.2, 0.25) is 0 Å². The molecule has 0 aliphatic rings. The van der Waals surface area contributed by atoms with Crippen LogP contribution in [0.4, 0.5) is 0 Å². The van der Waals surface area contributed by atoms with Gasteiger partial charge in [0.05, 0.1) is 0 Å². The summed E-state index contributed by atoms with van der Waals surface area (Å²) in [5.74, 6) is 0. The number of hydrogen-bond donors (Lipinski definition) is 1. The summed E-state index contributed by atoms with van der Waals surface area (Å²) < 4.78 is 2.23. The smallest absolute Gasteiger partial charge is 0.290 e. The van der Waals surface area contributed by atoms with Gasteiger partial charge >= 0.3 is 0 Å². The normalized spacial score (nSPS) is 11.5. The molecule has 6 heteroatoms. The van der Waals surface area contributed by atoms with Crippen molar-refractivity contribution in [2.45, 2.75) is 19.4 Å². The minimum atomic E-state index is -0.250. The highest BCUT2D eigenvalue weighted by Crippen LogP contribution is 2.20. The Kier molecular flexibility index (Phi) is 9.65. The van der Waals surface area contributed by atoms with E-state index in [4.69, 9.17) is 9.90 Å². The third-order valence-electron chi connectivity index (χ3n) is 1.96. The van der Waals surface area contributed by atoms with Gasteiger partial charge in [-0.05, 0) is 35.2 Å². The van der Waals surface area contributed by atoms with Crippen molar-refractivity contribution in [1.82, 2.24) is 9.29 Å². The van der Waals surface area contributed by atoms with Crippen LogP contribution in [-0.4, -0.2) is 34.0 Å². The molecule has 0 amide bonds. The summed E-state index contributed by atoms with van der Waals surface area (Å²) in [4.78, 5) is 12.7. The molecular formula is C10H15IN2O2S. The standard InChI is InChI=1S/C9H13IN2S.CH2O2/c1-8(12(2)13-10)7-9-5-3-4-6-11-9;2-1-3/h3-6,8H,7H2,1-2H3;1H,(H,2,3). The molecule has 90 valence electrons. The van der Waals surface area contributed by atoms with E-state index >= 15 is 0 Å². The zero-order valence-corrected chi connectivity index (χ0v) is 12.2. The highest BCUT2D eigenvalue weighted by Gasteiger charge is 2.09. The molecular weight excluding hydrogens is 339 g/mol. The Morgan fingerprint density at radius 1 is 1.69 bits per heavy atom. The largest absolute Gasteiger partial charge is 0.483 e. The average molecular weight is 354 g/mol. The molecule has 1 rings (SSSR count). The van der Waals surface area contributed by atoms with Crippen LogP contribution in [0.5, 0.6) is 0 Å². The van der Waals surface area contributed by atoms with Gasteiger partial charge in [0, 0.05) is 45.6 Å². The van der Waals surface area contributed by atoms with E-state index < -0.39 is 0 Å². The van der Waals surface area contributed by atoms with Crippen LogP contribution in [0.2, 0.25) is 0 Å². The number of carboxylic acid groups (broad SMARTS) is 1. The molecule has 0 saturated carbocycles. The van der Waals surface area contributed by atoms with Crippen molar-refractivity contribution in [3.63, 3.8) is 0 Å². The lowest BCUT2D eigenvalue weighted by Gasteiger charge is -2.19. The number of aromatic nitrogens is 1. The van der Waals surface area contributed by atoms with Gasteiger partial charge < -0.3 is 5.11 Å². The first kappa shape index (κ1) is 15.7. The molecule has 0 aromatic carbocycles. The van der Waals surface area contributed by atoms with Crippen LogP contribution >= 0.6 is 30.3 Å². The van der Waals surface area contributed by atoms with E-state index in [2.05, 4.69) is 50.5 Å². The van der Waals surface area contributed by atoms with Gasteiger partial charge in [-0.3, -0.25) is 9.78 Å². The lowest BCUT2D eigenvalue weighted by Crippen LogP contribution is -2.23. The van der Waals surface area contributed by atoms with Crippen molar-refractivity contribution in [2.75, 3.05) is 7.05 Å². The summed E-state index contributed by atoms with van der Waals surface area (Å²) in [6.07, 6.45) is 2.85. The molecule has 1 aromatic rings. The third-order valence-corrected chi connectivity index (χ3v) is 4.40. The zero-order valence-electron chi connectivity index (χ0n) is 9.21. The fraction of sp³-hybridized carbons (Fsp3) is 0.400. The van der Waals surface area contributed by atoms with E-state index in [0.29, 0.717) is 6.04 Å². The van der Waals surface area contributed by atoms with Crippen LogP contribution in [0.3, 0.4) is 0 Å². The lowest BCUT2D eigenvalue weighted by atomic mass is 10.2. The predicted molar refractivity (Wildman–Crippen MR) is 75.5 cm³/mol. The Balaban J connectivity index is 0.000000673. The van der Waals surface area contributed by atoms with Crippen LogP contribution in [0.25, 0.3) is 0 Å². The first-order chi connectivity index (χ1) is 7.65. The second-order valence-electron chi connectivity index (χ2n) is 3.09. The molecule has 0 aliphatic carbocycles. The maximum Gasteiger partial charge on any atom is 0.290 e. The molecule has 16 heavy (non-hydrogen) atoms. The Hall–Kier alpha value is -0.340. The monoisotopic (exact) mass is 354 g/mol. The number of hydrogen-bond acceptors (Lipinski definition) is 4. The Morgan fingerprint density at radius 2 is 2.31 bits per heavy atom. The van der Waals surface area contributed by atoms with Gasteiger partial charge in [-0.2, -0.15) is 0 Å². The minimum absolute atomic E-state index is 0.250. The summed E-state index contributed by atoms with van der Waals surface area (Å²) in [6.45, 7) is 1.96. The van der Waals surface area contributed by atoms with Gasteiger partial charge in [0.15, 0.2) is 0 Å². The molecule has 1 heterocycles. The number of carbonyl (C=O) groups is 1. The van der Waals surface area contributed by atoms with E-state index in [1.807, 2.05) is 18.3 Å². The molecule has 4 nitrogen and oxygen atoms in total. The number of halogens is 1. The van der Waals surface area contributed by atoms with Crippen molar-refractivity contribution in [1.29, 1.82) is 0 Å². The lowest BCUT2D eigenvalue weighted by molar-refractivity contribution is -0.122. The van der Waals surface area contributed by atoms with E-state index in [1.54, 1.807) is 9.12 Å². The van der Waals surface area contributed by atoms with Crippen LogP contribution in [0, 0.1) is 0 Å². The molecule has 0 radical (unpaired) electrons. The van der Waals surface area contributed by atoms with Crippen molar-refractivity contribution in [3.05, 3.63) is 30.1 Å². The third kappa shape index (κ3) is 7.02. The van der Waals surface area contributed by atoms with Gasteiger partial charge in [-0.25, -0.2) is 4.31 Å². The number of likely N-dealkylation sites (N-methyl/N-ethyl adjacent to an activating group) is 1. The quantitative estimate of drug-likeness (QED) is 0.512. The molecule has 1 N–H and O–H groups in total. The van der Waals surface area contributed by atoms with Crippen LogP contribution in [0.1, 0.15) is 12.6 Å². The number of nitrogens with zero attached hydrogens (tertiary/aromatic N) is 2. The summed E-state index contributed by atoms with van der Waals surface area (Å²) in [5.41, 5.74) is 1.16. The molecule has 0 saturated heterocycles. The van der Waals surface area contributed by atoms with Crippen LogP contribution in [0.15, 0.2) is 24.4 Å². The van der Waals surface area contributed by atoms with E-state index in [0.717, 1.165) is 12.1 Å². The molecule has 1 atom stereocenters. The van der Waals surface area contributed by atoms with Gasteiger partial charge in [0.1, 0.15) is 0 Å². The average Bonchev–Trinajstić information content (AvgIpc) is 2.30. The summed E-state index contributed by atoms with van der Waals surface area (Å²) in [6, 6.07) is 6.58. The van der Waals surface area contributed by atoms with E-state index in [-0.39, 0.29) is 6.47 Å². The summed E-state index contributed by atoms with van der Waals surface area (Å²) >= 11 is 2.29.